The maximum Gasteiger partial charge on any atom is 0.240 e. The van der Waals surface area contributed by atoms with Crippen molar-refractivity contribution in [2.75, 3.05) is 19.0 Å². The molecule has 2 rings (SSSR count). The molecule has 0 aliphatic carbocycles. The second-order valence-corrected chi connectivity index (χ2v) is 7.60. The molecule has 2 aromatic carbocycles. The van der Waals surface area contributed by atoms with E-state index in [9.17, 15) is 18.3 Å². The van der Waals surface area contributed by atoms with Crippen LogP contribution in [0, 0.1) is 13.8 Å². The van der Waals surface area contributed by atoms with E-state index in [0.29, 0.717) is 11.4 Å². The molecule has 0 aromatic heterocycles. The monoisotopic (exact) mass is 378 g/mol. The fraction of sp³-hybridized carbons (Fsp3) is 0.278. The largest absolute Gasteiger partial charge is 0.504 e. The fourth-order valence-corrected chi connectivity index (χ4v) is 3.37. The number of rotatable bonds is 7. The van der Waals surface area contributed by atoms with Crippen LogP contribution >= 0.6 is 0 Å². The summed E-state index contributed by atoms with van der Waals surface area (Å²) in [6, 6.07) is 9.33. The van der Waals surface area contributed by atoms with E-state index in [4.69, 9.17) is 4.74 Å². The van der Waals surface area contributed by atoms with Crippen LogP contribution in [-0.2, 0) is 14.8 Å². The highest BCUT2D eigenvalue weighted by atomic mass is 32.2. The van der Waals surface area contributed by atoms with Crippen LogP contribution in [0.25, 0.3) is 0 Å². The van der Waals surface area contributed by atoms with E-state index in [0.717, 1.165) is 11.1 Å². The number of aromatic hydroxyl groups is 1. The first-order valence-corrected chi connectivity index (χ1v) is 9.45. The zero-order valence-corrected chi connectivity index (χ0v) is 15.7. The van der Waals surface area contributed by atoms with E-state index in [2.05, 4.69) is 10.0 Å². The zero-order chi connectivity index (χ0) is 19.3. The molecule has 0 radical (unpaired) electrons. The molecule has 140 valence electrons. The highest BCUT2D eigenvalue weighted by Crippen LogP contribution is 2.28. The smallest absolute Gasteiger partial charge is 0.240 e. The number of methoxy groups -OCH3 is 1. The molecule has 26 heavy (non-hydrogen) atoms. The van der Waals surface area contributed by atoms with Gasteiger partial charge in [0.25, 0.3) is 0 Å². The Kier molecular flexibility index (Phi) is 6.23. The lowest BCUT2D eigenvalue weighted by molar-refractivity contribution is -0.116. The van der Waals surface area contributed by atoms with Gasteiger partial charge in [-0.05, 0) is 49.2 Å². The van der Waals surface area contributed by atoms with Crippen LogP contribution < -0.4 is 14.8 Å². The SMILES string of the molecule is COc1ccc(NC(=O)CCNS(=O)(=O)c2ccc(C)c(C)c2)cc1O. The number of anilines is 1. The van der Waals surface area contributed by atoms with Crippen molar-refractivity contribution < 1.29 is 23.1 Å². The average molecular weight is 378 g/mol. The van der Waals surface area contributed by atoms with Gasteiger partial charge in [-0.1, -0.05) is 6.07 Å². The molecular weight excluding hydrogens is 356 g/mol. The Morgan fingerprint density at radius 3 is 2.46 bits per heavy atom. The van der Waals surface area contributed by atoms with Crippen molar-refractivity contribution in [3.05, 3.63) is 47.5 Å². The van der Waals surface area contributed by atoms with Gasteiger partial charge in [-0.3, -0.25) is 4.79 Å². The van der Waals surface area contributed by atoms with Crippen LogP contribution in [0.2, 0.25) is 0 Å². The molecule has 2 aromatic rings. The molecule has 1 amide bonds. The maximum atomic E-state index is 12.3. The molecule has 0 spiro atoms. The summed E-state index contributed by atoms with van der Waals surface area (Å²) in [5.41, 5.74) is 2.28. The molecule has 3 N–H and O–H groups in total. The van der Waals surface area contributed by atoms with E-state index in [-0.39, 0.29) is 29.5 Å². The Labute approximate surface area is 153 Å². The first-order valence-electron chi connectivity index (χ1n) is 7.96. The third-order valence-corrected chi connectivity index (χ3v) is 5.35. The number of ether oxygens (including phenoxy) is 1. The summed E-state index contributed by atoms with van der Waals surface area (Å²) < 4.78 is 31.9. The van der Waals surface area contributed by atoms with Crippen LogP contribution in [0.3, 0.4) is 0 Å². The summed E-state index contributed by atoms with van der Waals surface area (Å²) in [7, 11) is -2.24. The van der Waals surface area contributed by atoms with Gasteiger partial charge in [0, 0.05) is 24.7 Å². The molecular formula is C18H22N2O5S. The second-order valence-electron chi connectivity index (χ2n) is 5.83. The number of phenols is 1. The fourth-order valence-electron chi connectivity index (χ4n) is 2.25. The highest BCUT2D eigenvalue weighted by molar-refractivity contribution is 7.89. The Morgan fingerprint density at radius 2 is 1.85 bits per heavy atom. The third-order valence-electron chi connectivity index (χ3n) is 3.90. The van der Waals surface area contributed by atoms with Crippen LogP contribution in [0.4, 0.5) is 5.69 Å². The number of sulfonamides is 1. The Balaban J connectivity index is 1.91. The van der Waals surface area contributed by atoms with E-state index in [1.54, 1.807) is 18.2 Å². The van der Waals surface area contributed by atoms with Crippen LogP contribution in [-0.4, -0.2) is 33.1 Å². The van der Waals surface area contributed by atoms with Crippen LogP contribution in [0.15, 0.2) is 41.3 Å². The van der Waals surface area contributed by atoms with E-state index in [1.807, 2.05) is 13.8 Å². The first kappa shape index (κ1) is 19.7. The zero-order valence-electron chi connectivity index (χ0n) is 14.9. The van der Waals surface area contributed by atoms with Crippen molar-refractivity contribution in [3.8, 4) is 11.5 Å². The molecule has 0 saturated heterocycles. The lowest BCUT2D eigenvalue weighted by Gasteiger charge is -2.10. The van der Waals surface area contributed by atoms with Crippen molar-refractivity contribution in [1.82, 2.24) is 4.72 Å². The minimum absolute atomic E-state index is 0.0385. The minimum atomic E-state index is -3.67. The van der Waals surface area contributed by atoms with Gasteiger partial charge >= 0.3 is 0 Å². The summed E-state index contributed by atoms with van der Waals surface area (Å²) in [6.07, 6.45) is -0.0448. The number of hydrogen-bond donors (Lipinski definition) is 3. The molecule has 0 bridgehead atoms. The predicted octanol–water partition coefficient (Wildman–Crippen LogP) is 2.32. The number of phenolic OH excluding ortho intramolecular Hbond substituents is 1. The van der Waals surface area contributed by atoms with Crippen LogP contribution in [0.1, 0.15) is 17.5 Å². The lowest BCUT2D eigenvalue weighted by atomic mass is 10.1. The summed E-state index contributed by atoms with van der Waals surface area (Å²) in [6.45, 7) is 3.70. The van der Waals surface area contributed by atoms with Gasteiger partial charge in [-0.25, -0.2) is 13.1 Å². The maximum absolute atomic E-state index is 12.3. The van der Waals surface area contributed by atoms with E-state index < -0.39 is 10.0 Å². The standard InChI is InChI=1S/C18H22N2O5S/c1-12-4-6-15(10-13(12)2)26(23,24)19-9-8-18(22)20-14-5-7-17(25-3)16(21)11-14/h4-7,10-11,19,21H,8-9H2,1-3H3,(H,20,22). The predicted molar refractivity (Wildman–Crippen MR) is 99.0 cm³/mol. The molecule has 0 atom stereocenters. The second kappa shape index (κ2) is 8.20. The number of aryl methyl sites for hydroxylation is 2. The molecule has 8 heteroatoms. The van der Waals surface area contributed by atoms with Gasteiger partial charge in [0.2, 0.25) is 15.9 Å². The van der Waals surface area contributed by atoms with Gasteiger partial charge < -0.3 is 15.2 Å². The van der Waals surface area contributed by atoms with Gasteiger partial charge in [0.15, 0.2) is 11.5 Å². The van der Waals surface area contributed by atoms with Crippen molar-refractivity contribution in [3.63, 3.8) is 0 Å². The number of amides is 1. The molecule has 0 aliphatic rings. The number of hydrogen-bond acceptors (Lipinski definition) is 5. The van der Waals surface area contributed by atoms with Gasteiger partial charge in [-0.15, -0.1) is 0 Å². The van der Waals surface area contributed by atoms with Gasteiger partial charge in [0.1, 0.15) is 0 Å². The molecule has 0 unspecified atom stereocenters. The van der Waals surface area contributed by atoms with Crippen molar-refractivity contribution in [2.24, 2.45) is 0 Å². The Hall–Kier alpha value is -2.58. The Morgan fingerprint density at radius 1 is 1.12 bits per heavy atom. The van der Waals surface area contributed by atoms with Crippen molar-refractivity contribution in [2.45, 2.75) is 25.2 Å². The first-order chi connectivity index (χ1) is 12.2. The lowest BCUT2D eigenvalue weighted by Crippen LogP contribution is -2.28. The average Bonchev–Trinajstić information content (AvgIpc) is 2.57. The highest BCUT2D eigenvalue weighted by Gasteiger charge is 2.15. The van der Waals surface area contributed by atoms with Crippen LogP contribution in [0.5, 0.6) is 11.5 Å². The summed E-state index contributed by atoms with van der Waals surface area (Å²) >= 11 is 0. The number of benzene rings is 2. The van der Waals surface area contributed by atoms with Crippen molar-refractivity contribution >= 4 is 21.6 Å². The normalized spacial score (nSPS) is 11.2. The molecule has 0 saturated carbocycles. The number of nitrogens with one attached hydrogen (secondary N) is 2. The van der Waals surface area contributed by atoms with E-state index >= 15 is 0 Å². The number of carbonyl (C=O) groups excluding carboxylic acids is 1. The topological polar surface area (TPSA) is 105 Å². The van der Waals surface area contributed by atoms with Gasteiger partial charge in [-0.2, -0.15) is 0 Å². The molecule has 0 fully saturated rings. The third kappa shape index (κ3) is 4.96. The molecule has 7 nitrogen and oxygen atoms in total. The Bertz CT molecular complexity index is 910. The van der Waals surface area contributed by atoms with Gasteiger partial charge in [0.05, 0.1) is 12.0 Å². The molecule has 0 aliphatic heterocycles. The summed E-state index contributed by atoms with van der Waals surface area (Å²) in [5.74, 6) is -0.178. The number of carbonyl (C=O) groups is 1. The quantitative estimate of drug-likeness (QED) is 0.686. The summed E-state index contributed by atoms with van der Waals surface area (Å²) in [5, 5.41) is 12.3. The minimum Gasteiger partial charge on any atom is -0.504 e. The summed E-state index contributed by atoms with van der Waals surface area (Å²) in [4.78, 5) is 12.1. The van der Waals surface area contributed by atoms with E-state index in [1.165, 1.54) is 25.3 Å². The van der Waals surface area contributed by atoms with Crippen molar-refractivity contribution in [1.29, 1.82) is 0 Å². The molecule has 0 heterocycles.